The van der Waals surface area contributed by atoms with Gasteiger partial charge in [-0.15, -0.1) is 0 Å². The van der Waals surface area contributed by atoms with Crippen LogP contribution in [0.5, 0.6) is 0 Å². The SMILES string of the molecule is CCOC(=O)c1cc(NC(=O)N2CCCC[C@H]2c2ncn[nH]2)cn1C. The van der Waals surface area contributed by atoms with E-state index in [1.165, 1.54) is 6.33 Å². The molecule has 2 aromatic heterocycles. The number of rotatable bonds is 4. The van der Waals surface area contributed by atoms with Crippen LogP contribution in [0.1, 0.15) is 48.5 Å². The normalized spacial score (nSPS) is 17.4. The van der Waals surface area contributed by atoms with Crippen molar-refractivity contribution < 1.29 is 14.3 Å². The van der Waals surface area contributed by atoms with Crippen LogP contribution in [0, 0.1) is 0 Å². The highest BCUT2D eigenvalue weighted by molar-refractivity contribution is 5.93. The van der Waals surface area contributed by atoms with Crippen LogP contribution in [0.15, 0.2) is 18.6 Å². The van der Waals surface area contributed by atoms with E-state index in [1.807, 2.05) is 0 Å². The molecule has 1 aliphatic heterocycles. The third kappa shape index (κ3) is 3.65. The van der Waals surface area contributed by atoms with E-state index < -0.39 is 5.97 Å². The van der Waals surface area contributed by atoms with Gasteiger partial charge in [0.25, 0.3) is 0 Å². The summed E-state index contributed by atoms with van der Waals surface area (Å²) < 4.78 is 6.64. The van der Waals surface area contributed by atoms with Gasteiger partial charge in [0.15, 0.2) is 0 Å². The summed E-state index contributed by atoms with van der Waals surface area (Å²) in [5.41, 5.74) is 0.944. The summed E-state index contributed by atoms with van der Waals surface area (Å²) in [5.74, 6) is 0.276. The lowest BCUT2D eigenvalue weighted by Crippen LogP contribution is -2.41. The second-order valence-electron chi connectivity index (χ2n) is 5.95. The molecule has 2 aromatic rings. The van der Waals surface area contributed by atoms with E-state index in [2.05, 4.69) is 20.5 Å². The molecular formula is C16H22N6O3. The molecule has 1 aliphatic rings. The van der Waals surface area contributed by atoms with Gasteiger partial charge in [0.2, 0.25) is 0 Å². The number of nitrogens with zero attached hydrogens (tertiary/aromatic N) is 4. The first kappa shape index (κ1) is 17.0. The minimum Gasteiger partial charge on any atom is -0.461 e. The lowest BCUT2D eigenvalue weighted by molar-refractivity contribution is 0.0515. The number of H-pyrrole nitrogens is 1. The Kier molecular flexibility index (Phi) is 5.01. The summed E-state index contributed by atoms with van der Waals surface area (Å²) in [6, 6.07) is 1.27. The molecule has 25 heavy (non-hydrogen) atoms. The van der Waals surface area contributed by atoms with E-state index in [4.69, 9.17) is 4.74 Å². The molecule has 134 valence electrons. The number of piperidine rings is 1. The van der Waals surface area contributed by atoms with Crippen LogP contribution in [0.4, 0.5) is 10.5 Å². The van der Waals surface area contributed by atoms with Gasteiger partial charge < -0.3 is 19.5 Å². The van der Waals surface area contributed by atoms with E-state index in [-0.39, 0.29) is 12.1 Å². The summed E-state index contributed by atoms with van der Waals surface area (Å²) in [7, 11) is 1.74. The molecule has 0 saturated carbocycles. The van der Waals surface area contributed by atoms with E-state index in [0.717, 1.165) is 19.3 Å². The maximum atomic E-state index is 12.7. The molecule has 0 bridgehead atoms. The highest BCUT2D eigenvalue weighted by Gasteiger charge is 2.30. The number of hydrogen-bond acceptors (Lipinski definition) is 5. The van der Waals surface area contributed by atoms with Crippen molar-refractivity contribution in [2.75, 3.05) is 18.5 Å². The van der Waals surface area contributed by atoms with E-state index in [0.29, 0.717) is 30.4 Å². The molecule has 1 fully saturated rings. The summed E-state index contributed by atoms with van der Waals surface area (Å²) in [6.45, 7) is 2.70. The van der Waals surface area contributed by atoms with Crippen molar-refractivity contribution in [3.05, 3.63) is 30.1 Å². The van der Waals surface area contributed by atoms with Crippen molar-refractivity contribution in [1.29, 1.82) is 0 Å². The van der Waals surface area contributed by atoms with Crippen molar-refractivity contribution in [2.45, 2.75) is 32.2 Å². The predicted octanol–water partition coefficient (Wildman–Crippen LogP) is 2.08. The number of ether oxygens (including phenoxy) is 1. The molecule has 1 saturated heterocycles. The fourth-order valence-electron chi connectivity index (χ4n) is 3.07. The number of carbonyl (C=O) groups excluding carboxylic acids is 2. The Morgan fingerprint density at radius 3 is 3.00 bits per heavy atom. The van der Waals surface area contributed by atoms with Gasteiger partial charge in [-0.3, -0.25) is 5.10 Å². The maximum Gasteiger partial charge on any atom is 0.355 e. The van der Waals surface area contributed by atoms with Gasteiger partial charge >= 0.3 is 12.0 Å². The summed E-state index contributed by atoms with van der Waals surface area (Å²) in [4.78, 5) is 30.5. The second-order valence-corrected chi connectivity index (χ2v) is 5.95. The lowest BCUT2D eigenvalue weighted by atomic mass is 10.0. The van der Waals surface area contributed by atoms with Gasteiger partial charge in [-0.05, 0) is 32.3 Å². The number of anilines is 1. The van der Waals surface area contributed by atoms with Gasteiger partial charge in [-0.1, -0.05) is 0 Å². The van der Waals surface area contributed by atoms with Crippen LogP contribution in [-0.4, -0.2) is 49.8 Å². The molecule has 2 amide bonds. The number of carbonyl (C=O) groups is 2. The lowest BCUT2D eigenvalue weighted by Gasteiger charge is -2.34. The van der Waals surface area contributed by atoms with Gasteiger partial charge in [0.05, 0.1) is 18.3 Å². The number of amides is 2. The highest BCUT2D eigenvalue weighted by atomic mass is 16.5. The molecule has 0 spiro atoms. The summed E-state index contributed by atoms with van der Waals surface area (Å²) >= 11 is 0. The van der Waals surface area contributed by atoms with Crippen molar-refractivity contribution >= 4 is 17.7 Å². The number of aromatic amines is 1. The average Bonchev–Trinajstić information content (AvgIpc) is 3.25. The summed E-state index contributed by atoms with van der Waals surface area (Å²) in [6.07, 6.45) is 5.96. The van der Waals surface area contributed by atoms with Crippen molar-refractivity contribution in [1.82, 2.24) is 24.6 Å². The van der Waals surface area contributed by atoms with Gasteiger partial charge in [-0.25, -0.2) is 14.6 Å². The molecule has 9 heteroatoms. The Hall–Kier alpha value is -2.84. The maximum absolute atomic E-state index is 12.7. The Morgan fingerprint density at radius 1 is 1.44 bits per heavy atom. The number of aromatic nitrogens is 4. The minimum atomic E-state index is -0.414. The first-order chi connectivity index (χ1) is 12.1. The zero-order chi connectivity index (χ0) is 17.8. The number of likely N-dealkylation sites (tertiary alicyclic amines) is 1. The van der Waals surface area contributed by atoms with Crippen LogP contribution < -0.4 is 5.32 Å². The van der Waals surface area contributed by atoms with Crippen LogP contribution >= 0.6 is 0 Å². The van der Waals surface area contributed by atoms with Crippen molar-refractivity contribution in [2.24, 2.45) is 7.05 Å². The molecule has 0 aromatic carbocycles. The largest absolute Gasteiger partial charge is 0.461 e. The third-order valence-electron chi connectivity index (χ3n) is 4.25. The molecule has 0 unspecified atom stereocenters. The quantitative estimate of drug-likeness (QED) is 0.825. The number of hydrogen-bond donors (Lipinski definition) is 2. The molecule has 3 heterocycles. The highest BCUT2D eigenvalue weighted by Crippen LogP contribution is 2.29. The van der Waals surface area contributed by atoms with Crippen LogP contribution in [0.25, 0.3) is 0 Å². The van der Waals surface area contributed by atoms with Crippen LogP contribution in [-0.2, 0) is 11.8 Å². The fourth-order valence-corrected chi connectivity index (χ4v) is 3.07. The zero-order valence-corrected chi connectivity index (χ0v) is 14.4. The monoisotopic (exact) mass is 346 g/mol. The van der Waals surface area contributed by atoms with Crippen LogP contribution in [0.3, 0.4) is 0 Å². The Labute approximate surface area is 145 Å². The molecule has 2 N–H and O–H groups in total. The molecular weight excluding hydrogens is 324 g/mol. The van der Waals surface area contributed by atoms with Crippen LogP contribution in [0.2, 0.25) is 0 Å². The van der Waals surface area contributed by atoms with E-state index in [9.17, 15) is 9.59 Å². The zero-order valence-electron chi connectivity index (χ0n) is 14.4. The fraction of sp³-hybridized carbons (Fsp3) is 0.500. The van der Waals surface area contributed by atoms with Gasteiger partial charge in [0, 0.05) is 19.8 Å². The molecule has 1 atom stereocenters. The topological polar surface area (TPSA) is 105 Å². The third-order valence-corrected chi connectivity index (χ3v) is 4.25. The molecule has 9 nitrogen and oxygen atoms in total. The Bertz CT molecular complexity index is 739. The van der Waals surface area contributed by atoms with E-state index in [1.54, 1.807) is 35.7 Å². The first-order valence-corrected chi connectivity index (χ1v) is 8.36. The smallest absolute Gasteiger partial charge is 0.355 e. The Balaban J connectivity index is 1.73. The summed E-state index contributed by atoms with van der Waals surface area (Å²) in [5, 5.41) is 9.59. The standard InChI is InChI=1S/C16H22N6O3/c1-3-25-15(23)13-8-11(9-21(13)2)19-16(24)22-7-5-4-6-12(22)14-17-10-18-20-14/h8-10,12H,3-7H2,1-2H3,(H,19,24)(H,17,18,20)/t12-/m0/s1. The molecule has 0 radical (unpaired) electrons. The predicted molar refractivity (Wildman–Crippen MR) is 90.1 cm³/mol. The number of aryl methyl sites for hydroxylation is 1. The first-order valence-electron chi connectivity index (χ1n) is 8.36. The number of nitrogens with one attached hydrogen (secondary N) is 2. The van der Waals surface area contributed by atoms with E-state index >= 15 is 0 Å². The second kappa shape index (κ2) is 7.37. The van der Waals surface area contributed by atoms with Crippen molar-refractivity contribution in [3.63, 3.8) is 0 Å². The van der Waals surface area contributed by atoms with Gasteiger partial charge in [0.1, 0.15) is 17.8 Å². The number of urea groups is 1. The molecule has 0 aliphatic carbocycles. The minimum absolute atomic E-state index is 0.121. The van der Waals surface area contributed by atoms with Gasteiger partial charge in [-0.2, -0.15) is 5.10 Å². The average molecular weight is 346 g/mol. The Morgan fingerprint density at radius 2 is 2.28 bits per heavy atom. The molecule has 3 rings (SSSR count). The number of esters is 1. The van der Waals surface area contributed by atoms with Crippen molar-refractivity contribution in [3.8, 4) is 0 Å².